The molecule has 2 N–H and O–H groups in total. The number of phenolic OH excluding ortho intramolecular Hbond substituents is 1. The normalized spacial score (nSPS) is 21.6. The molecule has 0 amide bonds. The summed E-state index contributed by atoms with van der Waals surface area (Å²) in [4.78, 5) is 13.2. The number of benzene rings is 1. The number of hydrogen-bond acceptors (Lipinski definition) is 3. The molecule has 110 valence electrons. The number of piperidine rings is 1. The van der Waals surface area contributed by atoms with Crippen molar-refractivity contribution in [1.29, 1.82) is 0 Å². The first-order valence-electron chi connectivity index (χ1n) is 7.26. The number of carboxylic acid groups (broad SMARTS) is 1. The van der Waals surface area contributed by atoms with Gasteiger partial charge in [-0.3, -0.25) is 9.69 Å². The van der Waals surface area contributed by atoms with Gasteiger partial charge >= 0.3 is 5.97 Å². The van der Waals surface area contributed by atoms with Crippen molar-refractivity contribution in [3.05, 3.63) is 29.8 Å². The lowest BCUT2D eigenvalue weighted by atomic mass is 9.84. The lowest BCUT2D eigenvalue weighted by Gasteiger charge is -2.35. The van der Waals surface area contributed by atoms with Crippen LogP contribution in [0.3, 0.4) is 0 Å². The third-order valence-corrected chi connectivity index (χ3v) is 4.16. The fourth-order valence-electron chi connectivity index (χ4n) is 3.05. The molecular formula is C16H23NO3. The van der Waals surface area contributed by atoms with Gasteiger partial charge in [0.2, 0.25) is 0 Å². The van der Waals surface area contributed by atoms with Crippen LogP contribution in [0.4, 0.5) is 0 Å². The number of nitrogens with zero attached hydrogens (tertiary/aromatic N) is 1. The molecule has 1 aliphatic rings. The Morgan fingerprint density at radius 1 is 1.50 bits per heavy atom. The van der Waals surface area contributed by atoms with Gasteiger partial charge in [0.15, 0.2) is 0 Å². The number of carboxylic acids is 1. The van der Waals surface area contributed by atoms with Crippen LogP contribution in [0.1, 0.15) is 31.7 Å². The van der Waals surface area contributed by atoms with Gasteiger partial charge in [-0.1, -0.05) is 19.1 Å². The number of carbonyl (C=O) groups is 1. The van der Waals surface area contributed by atoms with Gasteiger partial charge in [0, 0.05) is 19.5 Å². The van der Waals surface area contributed by atoms with E-state index in [0.29, 0.717) is 11.7 Å². The predicted octanol–water partition coefficient (Wildman–Crippen LogP) is 2.72. The molecule has 1 fully saturated rings. The Hall–Kier alpha value is -1.55. The van der Waals surface area contributed by atoms with Gasteiger partial charge in [0.1, 0.15) is 5.75 Å². The van der Waals surface area contributed by atoms with Crippen LogP contribution in [0.25, 0.3) is 0 Å². The Balaban J connectivity index is 1.91. The highest BCUT2D eigenvalue weighted by molar-refractivity contribution is 5.67. The number of aromatic hydroxyl groups is 1. The van der Waals surface area contributed by atoms with Crippen LogP contribution in [0.2, 0.25) is 0 Å². The molecule has 1 aromatic rings. The largest absolute Gasteiger partial charge is 0.508 e. The van der Waals surface area contributed by atoms with E-state index in [1.54, 1.807) is 12.1 Å². The second-order valence-electron chi connectivity index (χ2n) is 5.88. The molecule has 2 atom stereocenters. The average molecular weight is 277 g/mol. The monoisotopic (exact) mass is 277 g/mol. The number of likely N-dealkylation sites (tertiary alicyclic amines) is 1. The summed E-state index contributed by atoms with van der Waals surface area (Å²) in [5, 5.41) is 18.4. The van der Waals surface area contributed by atoms with Crippen molar-refractivity contribution in [2.24, 2.45) is 11.8 Å². The molecule has 0 bridgehead atoms. The summed E-state index contributed by atoms with van der Waals surface area (Å²) in [5.41, 5.74) is 1.11. The van der Waals surface area contributed by atoms with E-state index in [-0.39, 0.29) is 12.3 Å². The van der Waals surface area contributed by atoms with Crippen molar-refractivity contribution in [3.63, 3.8) is 0 Å². The van der Waals surface area contributed by atoms with E-state index in [1.165, 1.54) is 0 Å². The SMILES string of the molecule is CC(CC(=O)O)C1CCCN(Cc2cccc(O)c2)C1. The molecule has 1 aliphatic heterocycles. The standard InChI is InChI=1S/C16H23NO3/c1-12(8-16(19)20)14-5-3-7-17(11-14)10-13-4-2-6-15(18)9-13/h2,4,6,9,12,14,18H,3,5,7-8,10-11H2,1H3,(H,19,20). The highest BCUT2D eigenvalue weighted by Crippen LogP contribution is 2.27. The summed E-state index contributed by atoms with van der Waals surface area (Å²) in [5.74, 6) is 0.273. The molecule has 1 heterocycles. The topological polar surface area (TPSA) is 60.8 Å². The second kappa shape index (κ2) is 6.75. The van der Waals surface area contributed by atoms with E-state index < -0.39 is 5.97 Å². The zero-order valence-corrected chi connectivity index (χ0v) is 12.0. The first kappa shape index (κ1) is 14.9. The molecule has 0 spiro atoms. The Labute approximate surface area is 120 Å². The van der Waals surface area contributed by atoms with Crippen molar-refractivity contribution in [1.82, 2.24) is 4.90 Å². The van der Waals surface area contributed by atoms with Gasteiger partial charge in [0.05, 0.1) is 0 Å². The van der Waals surface area contributed by atoms with Gasteiger partial charge in [-0.15, -0.1) is 0 Å². The maximum Gasteiger partial charge on any atom is 0.303 e. The van der Waals surface area contributed by atoms with Gasteiger partial charge in [-0.05, 0) is 48.9 Å². The van der Waals surface area contributed by atoms with E-state index in [9.17, 15) is 9.90 Å². The molecule has 2 rings (SSSR count). The quantitative estimate of drug-likeness (QED) is 0.868. The fraction of sp³-hybridized carbons (Fsp3) is 0.562. The molecule has 0 aliphatic carbocycles. The third kappa shape index (κ3) is 4.23. The Bertz CT molecular complexity index is 461. The summed E-state index contributed by atoms with van der Waals surface area (Å²) >= 11 is 0. The zero-order chi connectivity index (χ0) is 14.5. The van der Waals surface area contributed by atoms with Crippen LogP contribution in [-0.4, -0.2) is 34.2 Å². The molecule has 2 unspecified atom stereocenters. The Kier molecular flexibility index (Phi) is 5.01. The molecular weight excluding hydrogens is 254 g/mol. The molecule has 4 heteroatoms. The fourth-order valence-corrected chi connectivity index (χ4v) is 3.05. The van der Waals surface area contributed by atoms with Crippen molar-refractivity contribution in [3.8, 4) is 5.75 Å². The Morgan fingerprint density at radius 2 is 2.30 bits per heavy atom. The van der Waals surface area contributed by atoms with Gasteiger partial charge in [-0.25, -0.2) is 0 Å². The lowest BCUT2D eigenvalue weighted by molar-refractivity contribution is -0.138. The summed E-state index contributed by atoms with van der Waals surface area (Å²) < 4.78 is 0. The molecule has 0 radical (unpaired) electrons. The number of rotatable bonds is 5. The van der Waals surface area contributed by atoms with Crippen LogP contribution >= 0.6 is 0 Å². The van der Waals surface area contributed by atoms with E-state index in [0.717, 1.165) is 38.0 Å². The lowest BCUT2D eigenvalue weighted by Crippen LogP contribution is -2.37. The van der Waals surface area contributed by atoms with Gasteiger partial charge in [0.25, 0.3) is 0 Å². The van der Waals surface area contributed by atoms with Crippen LogP contribution in [0, 0.1) is 11.8 Å². The minimum Gasteiger partial charge on any atom is -0.508 e. The number of phenols is 1. The number of hydrogen-bond donors (Lipinski definition) is 2. The van der Waals surface area contributed by atoms with Crippen molar-refractivity contribution in [2.75, 3.05) is 13.1 Å². The van der Waals surface area contributed by atoms with Crippen molar-refractivity contribution < 1.29 is 15.0 Å². The van der Waals surface area contributed by atoms with Gasteiger partial charge < -0.3 is 10.2 Å². The highest BCUT2D eigenvalue weighted by Gasteiger charge is 2.25. The van der Waals surface area contributed by atoms with Crippen LogP contribution in [-0.2, 0) is 11.3 Å². The van der Waals surface area contributed by atoms with Crippen molar-refractivity contribution in [2.45, 2.75) is 32.7 Å². The maximum atomic E-state index is 10.8. The van der Waals surface area contributed by atoms with E-state index >= 15 is 0 Å². The molecule has 1 saturated heterocycles. The average Bonchev–Trinajstić information content (AvgIpc) is 2.38. The predicted molar refractivity (Wildman–Crippen MR) is 77.5 cm³/mol. The first-order chi connectivity index (χ1) is 9.54. The molecule has 20 heavy (non-hydrogen) atoms. The summed E-state index contributed by atoms with van der Waals surface area (Å²) in [6.45, 7) is 4.86. The summed E-state index contributed by atoms with van der Waals surface area (Å²) in [7, 11) is 0. The molecule has 4 nitrogen and oxygen atoms in total. The third-order valence-electron chi connectivity index (χ3n) is 4.16. The zero-order valence-electron chi connectivity index (χ0n) is 12.0. The van der Waals surface area contributed by atoms with Crippen molar-refractivity contribution >= 4 is 5.97 Å². The Morgan fingerprint density at radius 3 is 3.00 bits per heavy atom. The molecule has 1 aromatic carbocycles. The first-order valence-corrected chi connectivity index (χ1v) is 7.26. The van der Waals surface area contributed by atoms with E-state index in [4.69, 9.17) is 5.11 Å². The van der Waals surface area contributed by atoms with Crippen LogP contribution in [0.15, 0.2) is 24.3 Å². The van der Waals surface area contributed by atoms with Crippen LogP contribution in [0.5, 0.6) is 5.75 Å². The smallest absolute Gasteiger partial charge is 0.303 e. The highest BCUT2D eigenvalue weighted by atomic mass is 16.4. The molecule has 0 aromatic heterocycles. The second-order valence-corrected chi connectivity index (χ2v) is 5.88. The minimum absolute atomic E-state index is 0.222. The number of aliphatic carboxylic acids is 1. The minimum atomic E-state index is -0.706. The van der Waals surface area contributed by atoms with E-state index in [1.807, 2.05) is 19.1 Å². The van der Waals surface area contributed by atoms with Gasteiger partial charge in [-0.2, -0.15) is 0 Å². The summed E-state index contributed by atoms with van der Waals surface area (Å²) in [6.07, 6.45) is 2.49. The maximum absolute atomic E-state index is 10.8. The van der Waals surface area contributed by atoms with Crippen LogP contribution < -0.4 is 0 Å². The molecule has 0 saturated carbocycles. The summed E-state index contributed by atoms with van der Waals surface area (Å²) in [6, 6.07) is 7.35. The van der Waals surface area contributed by atoms with E-state index in [2.05, 4.69) is 4.90 Å².